The van der Waals surface area contributed by atoms with Gasteiger partial charge in [0.1, 0.15) is 5.75 Å². The maximum Gasteiger partial charge on any atom is 0.223 e. The van der Waals surface area contributed by atoms with Gasteiger partial charge in [-0.2, -0.15) is 0 Å². The molecule has 0 saturated heterocycles. The number of nitrogens with two attached hydrogens (primary N) is 1. The Labute approximate surface area is 114 Å². The first-order valence-corrected chi connectivity index (χ1v) is 6.90. The van der Waals surface area contributed by atoms with Gasteiger partial charge in [0.25, 0.3) is 0 Å². The van der Waals surface area contributed by atoms with Crippen molar-refractivity contribution in [2.75, 3.05) is 24.6 Å². The van der Waals surface area contributed by atoms with E-state index in [0.717, 1.165) is 30.8 Å². The maximum absolute atomic E-state index is 11.9. The van der Waals surface area contributed by atoms with Gasteiger partial charge in [0, 0.05) is 13.5 Å². The van der Waals surface area contributed by atoms with Crippen molar-refractivity contribution in [3.63, 3.8) is 0 Å². The highest BCUT2D eigenvalue weighted by molar-refractivity contribution is 5.94. The number of nitrogens with zero attached hydrogens (tertiary/aromatic N) is 1. The van der Waals surface area contributed by atoms with Gasteiger partial charge in [0.15, 0.2) is 0 Å². The molecule has 2 rings (SSSR count). The van der Waals surface area contributed by atoms with Crippen molar-refractivity contribution in [2.24, 2.45) is 11.7 Å². The fourth-order valence-electron chi connectivity index (χ4n) is 2.75. The van der Waals surface area contributed by atoms with Gasteiger partial charge in [-0.3, -0.25) is 4.79 Å². The molecule has 0 aliphatic carbocycles. The van der Waals surface area contributed by atoms with Gasteiger partial charge in [-0.1, -0.05) is 12.1 Å². The Morgan fingerprint density at radius 2 is 2.32 bits per heavy atom. The van der Waals surface area contributed by atoms with Crippen molar-refractivity contribution in [2.45, 2.75) is 26.7 Å². The number of anilines is 1. The molecule has 1 aliphatic rings. The molecule has 1 aromatic carbocycles. The summed E-state index contributed by atoms with van der Waals surface area (Å²) in [7, 11) is 0. The summed E-state index contributed by atoms with van der Waals surface area (Å²) in [5.74, 6) is 1.31. The number of amides is 1. The third-order valence-corrected chi connectivity index (χ3v) is 3.56. The molecule has 0 fully saturated rings. The van der Waals surface area contributed by atoms with Gasteiger partial charge in [-0.25, -0.2) is 0 Å². The number of fused-ring (bicyclic) bond motifs is 1. The first-order chi connectivity index (χ1) is 9.17. The average Bonchev–Trinajstić information content (AvgIpc) is 2.38. The number of hydrogen-bond donors (Lipinski definition) is 1. The zero-order valence-corrected chi connectivity index (χ0v) is 11.7. The van der Waals surface area contributed by atoms with E-state index < -0.39 is 0 Å². The van der Waals surface area contributed by atoms with Crippen LogP contribution in [0.5, 0.6) is 5.75 Å². The molecule has 1 amide bonds. The number of hydrogen-bond acceptors (Lipinski definition) is 3. The van der Waals surface area contributed by atoms with Crippen LogP contribution >= 0.6 is 0 Å². The third-order valence-electron chi connectivity index (χ3n) is 3.56. The minimum Gasteiger partial charge on any atom is -0.492 e. The van der Waals surface area contributed by atoms with E-state index in [-0.39, 0.29) is 5.91 Å². The largest absolute Gasteiger partial charge is 0.492 e. The SMILES string of the molecule is CCOc1cccc2c1N(C(C)=O)CC(CCN)C2. The Balaban J connectivity index is 2.39. The third kappa shape index (κ3) is 2.89. The van der Waals surface area contributed by atoms with E-state index >= 15 is 0 Å². The lowest BCUT2D eigenvalue weighted by Crippen LogP contribution is -2.39. The fourth-order valence-corrected chi connectivity index (χ4v) is 2.75. The molecule has 4 nitrogen and oxygen atoms in total. The molecule has 4 heteroatoms. The lowest BCUT2D eigenvalue weighted by molar-refractivity contribution is -0.116. The molecule has 1 aromatic rings. The van der Waals surface area contributed by atoms with Crippen molar-refractivity contribution in [1.82, 2.24) is 0 Å². The monoisotopic (exact) mass is 262 g/mol. The second-order valence-electron chi connectivity index (χ2n) is 4.97. The van der Waals surface area contributed by atoms with E-state index in [1.165, 1.54) is 5.56 Å². The minimum atomic E-state index is 0.0649. The van der Waals surface area contributed by atoms with Crippen LogP contribution in [-0.4, -0.2) is 25.6 Å². The molecule has 0 spiro atoms. The van der Waals surface area contributed by atoms with Crippen molar-refractivity contribution in [3.05, 3.63) is 23.8 Å². The number of ether oxygens (including phenoxy) is 1. The summed E-state index contributed by atoms with van der Waals surface area (Å²) < 4.78 is 5.66. The van der Waals surface area contributed by atoms with Crippen LogP contribution in [0.2, 0.25) is 0 Å². The molecule has 104 valence electrons. The Morgan fingerprint density at radius 1 is 1.53 bits per heavy atom. The highest BCUT2D eigenvalue weighted by Crippen LogP contribution is 2.38. The summed E-state index contributed by atoms with van der Waals surface area (Å²) in [6.45, 7) is 5.57. The highest BCUT2D eigenvalue weighted by Gasteiger charge is 2.29. The normalized spacial score (nSPS) is 18.1. The molecule has 1 atom stereocenters. The first kappa shape index (κ1) is 13.9. The standard InChI is InChI=1S/C15H22N2O2/c1-3-19-14-6-4-5-13-9-12(7-8-16)10-17(11(2)18)15(13)14/h4-6,12H,3,7-10,16H2,1-2H3. The van der Waals surface area contributed by atoms with Crippen LogP contribution in [0.3, 0.4) is 0 Å². The summed E-state index contributed by atoms with van der Waals surface area (Å²) in [6.07, 6.45) is 1.92. The van der Waals surface area contributed by atoms with E-state index in [4.69, 9.17) is 10.5 Å². The molecule has 1 aliphatic heterocycles. The topological polar surface area (TPSA) is 55.6 Å². The van der Waals surface area contributed by atoms with E-state index in [1.54, 1.807) is 6.92 Å². The molecule has 2 N–H and O–H groups in total. The van der Waals surface area contributed by atoms with Gasteiger partial charge < -0.3 is 15.4 Å². The first-order valence-electron chi connectivity index (χ1n) is 6.90. The number of benzene rings is 1. The van der Waals surface area contributed by atoms with E-state index in [9.17, 15) is 4.79 Å². The Morgan fingerprint density at radius 3 is 2.95 bits per heavy atom. The van der Waals surface area contributed by atoms with E-state index in [0.29, 0.717) is 19.1 Å². The summed E-state index contributed by atoms with van der Waals surface area (Å²) in [4.78, 5) is 13.7. The van der Waals surface area contributed by atoms with E-state index in [2.05, 4.69) is 6.07 Å². The second kappa shape index (κ2) is 6.06. The van der Waals surface area contributed by atoms with Gasteiger partial charge in [0.2, 0.25) is 5.91 Å². The number of carbonyl (C=O) groups is 1. The Kier molecular flexibility index (Phi) is 4.43. The molecular weight excluding hydrogens is 240 g/mol. The lowest BCUT2D eigenvalue weighted by Gasteiger charge is -2.35. The second-order valence-corrected chi connectivity index (χ2v) is 4.97. The van der Waals surface area contributed by atoms with Crippen LogP contribution in [0.15, 0.2) is 18.2 Å². The van der Waals surface area contributed by atoms with Crippen LogP contribution < -0.4 is 15.4 Å². The van der Waals surface area contributed by atoms with Crippen LogP contribution in [0, 0.1) is 5.92 Å². The average molecular weight is 262 g/mol. The molecule has 19 heavy (non-hydrogen) atoms. The molecular formula is C15H22N2O2. The van der Waals surface area contributed by atoms with Gasteiger partial charge >= 0.3 is 0 Å². The lowest BCUT2D eigenvalue weighted by atomic mass is 9.89. The van der Waals surface area contributed by atoms with Crippen LogP contribution in [0.1, 0.15) is 25.8 Å². The summed E-state index contributed by atoms with van der Waals surface area (Å²) in [5.41, 5.74) is 7.79. The molecule has 1 unspecified atom stereocenters. The predicted molar refractivity (Wildman–Crippen MR) is 76.5 cm³/mol. The summed E-state index contributed by atoms with van der Waals surface area (Å²) in [6, 6.07) is 6.00. The quantitative estimate of drug-likeness (QED) is 0.902. The van der Waals surface area contributed by atoms with Crippen LogP contribution in [0.4, 0.5) is 5.69 Å². The van der Waals surface area contributed by atoms with Crippen LogP contribution in [0.25, 0.3) is 0 Å². The number of para-hydroxylation sites is 1. The van der Waals surface area contributed by atoms with Crippen molar-refractivity contribution < 1.29 is 9.53 Å². The molecule has 0 bridgehead atoms. The Hall–Kier alpha value is -1.55. The van der Waals surface area contributed by atoms with Crippen molar-refractivity contribution >= 4 is 11.6 Å². The van der Waals surface area contributed by atoms with Crippen LogP contribution in [-0.2, 0) is 11.2 Å². The number of rotatable bonds is 4. The summed E-state index contributed by atoms with van der Waals surface area (Å²) in [5, 5.41) is 0. The van der Waals surface area contributed by atoms with Crippen molar-refractivity contribution in [1.29, 1.82) is 0 Å². The molecule has 0 radical (unpaired) electrons. The van der Waals surface area contributed by atoms with Crippen molar-refractivity contribution in [3.8, 4) is 5.75 Å². The zero-order valence-electron chi connectivity index (χ0n) is 11.7. The van der Waals surface area contributed by atoms with E-state index in [1.807, 2.05) is 24.0 Å². The summed E-state index contributed by atoms with van der Waals surface area (Å²) >= 11 is 0. The van der Waals surface area contributed by atoms with Gasteiger partial charge in [-0.05, 0) is 43.9 Å². The van der Waals surface area contributed by atoms with Gasteiger partial charge in [-0.15, -0.1) is 0 Å². The number of carbonyl (C=O) groups excluding carboxylic acids is 1. The highest BCUT2D eigenvalue weighted by atomic mass is 16.5. The fraction of sp³-hybridized carbons (Fsp3) is 0.533. The maximum atomic E-state index is 11.9. The predicted octanol–water partition coefficient (Wildman–Crippen LogP) is 1.96. The zero-order chi connectivity index (χ0) is 13.8. The molecule has 1 heterocycles. The van der Waals surface area contributed by atoms with Gasteiger partial charge in [0.05, 0.1) is 12.3 Å². The minimum absolute atomic E-state index is 0.0649. The smallest absolute Gasteiger partial charge is 0.223 e. The Bertz CT molecular complexity index is 459. The molecule has 0 saturated carbocycles. The molecule has 0 aromatic heterocycles.